The topological polar surface area (TPSA) is 101 Å². The van der Waals surface area contributed by atoms with Gasteiger partial charge in [-0.05, 0) is 48.7 Å². The van der Waals surface area contributed by atoms with Gasteiger partial charge in [0, 0.05) is 23.8 Å². The minimum atomic E-state index is -0.563. The van der Waals surface area contributed by atoms with Crippen molar-refractivity contribution in [3.8, 4) is 11.6 Å². The zero-order chi connectivity index (χ0) is 22.1. The van der Waals surface area contributed by atoms with Crippen molar-refractivity contribution in [1.29, 1.82) is 0 Å². The molecule has 2 aromatic rings. The summed E-state index contributed by atoms with van der Waals surface area (Å²) in [5.41, 5.74) is 0.262. The summed E-state index contributed by atoms with van der Waals surface area (Å²) in [6, 6.07) is 8.55. The maximum absolute atomic E-state index is 13.0. The molecule has 2 N–H and O–H groups in total. The third-order valence-electron chi connectivity index (χ3n) is 5.50. The summed E-state index contributed by atoms with van der Waals surface area (Å²) in [6.07, 6.45) is 1.90. The largest absolute Gasteiger partial charge is 0.438 e. The predicted octanol–water partition coefficient (Wildman–Crippen LogP) is 2.38. The van der Waals surface area contributed by atoms with E-state index in [1.807, 2.05) is 13.8 Å². The number of hydrogen-bond acceptors (Lipinski definition) is 5. The lowest BCUT2D eigenvalue weighted by Gasteiger charge is -2.36. The van der Waals surface area contributed by atoms with Crippen LogP contribution in [0.1, 0.15) is 30.6 Å². The number of ether oxygens (including phenoxy) is 1. The van der Waals surface area contributed by atoms with Crippen LogP contribution in [0.4, 0.5) is 0 Å². The van der Waals surface area contributed by atoms with Crippen molar-refractivity contribution < 1.29 is 19.1 Å². The molecule has 2 aliphatic rings. The van der Waals surface area contributed by atoms with E-state index in [-0.39, 0.29) is 41.1 Å². The minimum Gasteiger partial charge on any atom is -0.438 e. The van der Waals surface area contributed by atoms with Crippen LogP contribution >= 0.6 is 11.6 Å². The van der Waals surface area contributed by atoms with E-state index in [0.717, 1.165) is 0 Å². The van der Waals surface area contributed by atoms with Crippen LogP contribution in [0.2, 0.25) is 5.02 Å². The van der Waals surface area contributed by atoms with E-state index in [4.69, 9.17) is 16.3 Å². The number of amides is 3. The van der Waals surface area contributed by atoms with Gasteiger partial charge in [-0.25, -0.2) is 4.98 Å². The molecular weight excluding hydrogens is 420 g/mol. The number of nitrogens with one attached hydrogen (secondary N) is 2. The lowest BCUT2D eigenvalue weighted by Crippen LogP contribution is -2.62. The Balaban J connectivity index is 1.47. The molecule has 8 nitrogen and oxygen atoms in total. The molecule has 0 radical (unpaired) electrons. The second kappa shape index (κ2) is 8.55. The van der Waals surface area contributed by atoms with Crippen LogP contribution in [-0.2, 0) is 9.59 Å². The van der Waals surface area contributed by atoms with E-state index in [2.05, 4.69) is 15.6 Å². The Morgan fingerprint density at radius 3 is 2.71 bits per heavy atom. The lowest BCUT2D eigenvalue weighted by molar-refractivity contribution is -0.148. The van der Waals surface area contributed by atoms with Gasteiger partial charge < -0.3 is 20.3 Å². The smallest absolute Gasteiger partial charge is 0.257 e. The number of hydrogen-bond donors (Lipinski definition) is 2. The number of nitrogens with zero attached hydrogens (tertiary/aromatic N) is 2. The number of pyridine rings is 1. The summed E-state index contributed by atoms with van der Waals surface area (Å²) in [6.45, 7) is 4.08. The third-order valence-corrected chi connectivity index (χ3v) is 5.75. The molecule has 2 aliphatic heterocycles. The molecule has 0 unspecified atom stereocenters. The first-order valence-corrected chi connectivity index (χ1v) is 10.5. The van der Waals surface area contributed by atoms with Crippen molar-refractivity contribution in [2.75, 3.05) is 6.54 Å². The van der Waals surface area contributed by atoms with E-state index in [1.165, 1.54) is 6.20 Å². The van der Waals surface area contributed by atoms with Crippen molar-refractivity contribution >= 4 is 29.3 Å². The normalized spacial score (nSPS) is 22.8. The molecule has 3 atom stereocenters. The van der Waals surface area contributed by atoms with Crippen LogP contribution in [0.3, 0.4) is 0 Å². The van der Waals surface area contributed by atoms with Crippen LogP contribution in [0.5, 0.6) is 11.6 Å². The summed E-state index contributed by atoms with van der Waals surface area (Å²) in [7, 11) is 0. The minimum absolute atomic E-state index is 0.00555. The third kappa shape index (κ3) is 4.34. The molecule has 4 rings (SSSR count). The van der Waals surface area contributed by atoms with Gasteiger partial charge in [-0.2, -0.15) is 0 Å². The summed E-state index contributed by atoms with van der Waals surface area (Å²) in [4.78, 5) is 43.9. The Labute approximate surface area is 184 Å². The molecule has 0 bridgehead atoms. The van der Waals surface area contributed by atoms with Gasteiger partial charge >= 0.3 is 0 Å². The monoisotopic (exact) mass is 442 g/mol. The molecular formula is C22H23ClN4O4. The number of carbonyl (C=O) groups is 3. The average Bonchev–Trinajstić information content (AvgIpc) is 3.17. The molecule has 0 saturated carbocycles. The molecule has 2 saturated heterocycles. The van der Waals surface area contributed by atoms with Gasteiger partial charge in [0.05, 0.1) is 0 Å². The number of fused-ring (bicyclic) bond motifs is 1. The van der Waals surface area contributed by atoms with E-state index in [9.17, 15) is 14.4 Å². The molecule has 1 aromatic carbocycles. The van der Waals surface area contributed by atoms with Gasteiger partial charge in [-0.1, -0.05) is 25.4 Å². The Kier molecular flexibility index (Phi) is 5.82. The number of carbonyl (C=O) groups excluding carboxylic acids is 3. The first kappa shape index (κ1) is 21.1. The van der Waals surface area contributed by atoms with Gasteiger partial charge in [-0.15, -0.1) is 0 Å². The molecule has 3 heterocycles. The highest BCUT2D eigenvalue weighted by atomic mass is 35.5. The molecule has 1 aromatic heterocycles. The summed E-state index contributed by atoms with van der Waals surface area (Å²) < 4.78 is 5.76. The highest BCUT2D eigenvalue weighted by Crippen LogP contribution is 2.27. The first-order valence-electron chi connectivity index (χ1n) is 10.1. The molecule has 3 amide bonds. The first-order chi connectivity index (χ1) is 14.8. The van der Waals surface area contributed by atoms with Gasteiger partial charge in [0.25, 0.3) is 5.91 Å². The predicted molar refractivity (Wildman–Crippen MR) is 114 cm³/mol. The van der Waals surface area contributed by atoms with Crippen LogP contribution in [0.15, 0.2) is 42.6 Å². The van der Waals surface area contributed by atoms with Crippen molar-refractivity contribution in [2.45, 2.75) is 38.4 Å². The van der Waals surface area contributed by atoms with Gasteiger partial charge in [0.15, 0.2) is 0 Å². The number of halogens is 1. The van der Waals surface area contributed by atoms with Crippen LogP contribution in [-0.4, -0.2) is 52.3 Å². The van der Waals surface area contributed by atoms with E-state index in [1.54, 1.807) is 41.3 Å². The quantitative estimate of drug-likeness (QED) is 0.740. The number of rotatable bonds is 5. The molecule has 9 heteroatoms. The summed E-state index contributed by atoms with van der Waals surface area (Å²) in [5.74, 6) is -0.0132. The highest BCUT2D eigenvalue weighted by Gasteiger charge is 2.47. The van der Waals surface area contributed by atoms with Crippen LogP contribution in [0.25, 0.3) is 0 Å². The SMILES string of the molecule is CC(C)[C@H]1NC(=O)[C@@H]2C[C@H](NC(=O)c3cccnc3Oc3ccc(Cl)cc3)CN2C1=O. The zero-order valence-corrected chi connectivity index (χ0v) is 17.9. The maximum atomic E-state index is 13.0. The highest BCUT2D eigenvalue weighted by molar-refractivity contribution is 6.30. The van der Waals surface area contributed by atoms with Gasteiger partial charge in [-0.3, -0.25) is 14.4 Å². The lowest BCUT2D eigenvalue weighted by atomic mass is 9.98. The summed E-state index contributed by atoms with van der Waals surface area (Å²) >= 11 is 5.90. The second-order valence-electron chi connectivity index (χ2n) is 8.05. The Hall–Kier alpha value is -3.13. The summed E-state index contributed by atoms with van der Waals surface area (Å²) in [5, 5.41) is 6.29. The number of benzene rings is 1. The van der Waals surface area contributed by atoms with Gasteiger partial charge in [0.2, 0.25) is 17.7 Å². The van der Waals surface area contributed by atoms with Crippen molar-refractivity contribution in [3.05, 3.63) is 53.2 Å². The van der Waals surface area contributed by atoms with Crippen molar-refractivity contribution in [2.24, 2.45) is 5.92 Å². The van der Waals surface area contributed by atoms with Crippen LogP contribution < -0.4 is 15.4 Å². The fourth-order valence-electron chi connectivity index (χ4n) is 3.90. The Morgan fingerprint density at radius 1 is 1.26 bits per heavy atom. The Bertz CT molecular complexity index is 1010. The fourth-order valence-corrected chi connectivity index (χ4v) is 4.02. The second-order valence-corrected chi connectivity index (χ2v) is 8.49. The van der Waals surface area contributed by atoms with E-state index >= 15 is 0 Å². The van der Waals surface area contributed by atoms with Crippen molar-refractivity contribution in [1.82, 2.24) is 20.5 Å². The average molecular weight is 443 g/mol. The van der Waals surface area contributed by atoms with Crippen molar-refractivity contribution in [3.63, 3.8) is 0 Å². The van der Waals surface area contributed by atoms with Gasteiger partial charge in [0.1, 0.15) is 23.4 Å². The van der Waals surface area contributed by atoms with E-state index in [0.29, 0.717) is 23.7 Å². The van der Waals surface area contributed by atoms with Crippen LogP contribution in [0, 0.1) is 5.92 Å². The van der Waals surface area contributed by atoms with E-state index < -0.39 is 12.1 Å². The standard InChI is InChI=1S/C22H23ClN4O4/c1-12(2)18-22(30)27-11-14(10-17(27)20(29)26-18)25-19(28)16-4-3-9-24-21(16)31-15-7-5-13(23)6-8-15/h3-9,12,14,17-18H,10-11H2,1-2H3,(H,25,28)(H,26,29)/t14-,17-,18+/m0/s1. The fraction of sp³-hybridized carbons (Fsp3) is 0.364. The number of piperazine rings is 1. The molecule has 162 valence electrons. The molecule has 2 fully saturated rings. The molecule has 0 aliphatic carbocycles. The maximum Gasteiger partial charge on any atom is 0.257 e. The number of aromatic nitrogens is 1. The molecule has 0 spiro atoms. The Morgan fingerprint density at radius 2 is 2.00 bits per heavy atom. The zero-order valence-electron chi connectivity index (χ0n) is 17.2. The molecule has 31 heavy (non-hydrogen) atoms.